The molecule has 0 amide bonds. The first-order valence-corrected chi connectivity index (χ1v) is 11.7. The Morgan fingerprint density at radius 1 is 1.00 bits per heavy atom. The van der Waals surface area contributed by atoms with E-state index in [1.54, 1.807) is 28.4 Å². The normalized spacial score (nSPS) is 20.3. The van der Waals surface area contributed by atoms with Gasteiger partial charge >= 0.3 is 0 Å². The molecule has 33 heavy (non-hydrogen) atoms. The molecular weight excluding hydrogens is 418 g/mol. The zero-order valence-corrected chi connectivity index (χ0v) is 21.3. The molecule has 0 spiro atoms. The lowest BCUT2D eigenvalue weighted by molar-refractivity contribution is -0.109. The van der Waals surface area contributed by atoms with Gasteiger partial charge in [-0.05, 0) is 62.5 Å². The molecule has 0 aromatic heterocycles. The van der Waals surface area contributed by atoms with Gasteiger partial charge in [0, 0.05) is 36.4 Å². The predicted molar refractivity (Wildman–Crippen MR) is 132 cm³/mol. The Balaban J connectivity index is 2.05. The third kappa shape index (κ3) is 6.53. The van der Waals surface area contributed by atoms with Gasteiger partial charge in [-0.2, -0.15) is 0 Å². The summed E-state index contributed by atoms with van der Waals surface area (Å²) in [5.74, 6) is 3.67. The number of carbonyl (C=O) groups excluding carboxylic acids is 1. The molecule has 0 bridgehead atoms. The highest BCUT2D eigenvalue weighted by atomic mass is 16.5. The van der Waals surface area contributed by atoms with Crippen LogP contribution in [0.15, 0.2) is 41.9 Å². The van der Waals surface area contributed by atoms with Crippen LogP contribution in [-0.2, 0) is 20.7 Å². The van der Waals surface area contributed by atoms with Crippen LogP contribution in [0.2, 0.25) is 0 Å². The Bertz CT molecular complexity index is 810. The molecule has 0 heterocycles. The van der Waals surface area contributed by atoms with Crippen LogP contribution in [0.1, 0.15) is 38.7 Å². The fourth-order valence-corrected chi connectivity index (χ4v) is 4.99. The molecule has 1 aromatic carbocycles. The number of rotatable bonds is 14. The maximum atomic E-state index is 11.5. The molecule has 1 aliphatic rings. The summed E-state index contributed by atoms with van der Waals surface area (Å²) in [7, 11) is 8.87. The number of ether oxygens (including phenoxy) is 4. The van der Waals surface area contributed by atoms with Gasteiger partial charge in [-0.25, -0.2) is 0 Å². The molecule has 0 aliphatic heterocycles. The van der Waals surface area contributed by atoms with Gasteiger partial charge in [0.1, 0.15) is 29.3 Å². The third-order valence-electron chi connectivity index (χ3n) is 6.92. The summed E-state index contributed by atoms with van der Waals surface area (Å²) in [5.41, 5.74) is 0.968. The fourth-order valence-electron chi connectivity index (χ4n) is 4.99. The summed E-state index contributed by atoms with van der Waals surface area (Å²) in [4.78, 5) is 13.9. The van der Waals surface area contributed by atoms with Crippen molar-refractivity contribution in [3.8, 4) is 11.5 Å². The standard InChI is InChI=1S/C27H41NO5/c1-20(2)27(22(10-14-29)17-25(32-6)19-26(27)33-7)11-8-12-28(3)13-9-21-15-23(30-4)18-24(16-21)31-5/h14-20,22H,8-13H2,1-7H3. The zero-order valence-electron chi connectivity index (χ0n) is 21.3. The Labute approximate surface area is 199 Å². The first kappa shape index (κ1) is 26.8. The van der Waals surface area contributed by atoms with Crippen molar-refractivity contribution in [3.63, 3.8) is 0 Å². The van der Waals surface area contributed by atoms with Crippen molar-refractivity contribution in [2.75, 3.05) is 48.6 Å². The molecule has 0 radical (unpaired) electrons. The number of benzene rings is 1. The maximum absolute atomic E-state index is 11.5. The summed E-state index contributed by atoms with van der Waals surface area (Å²) in [6.45, 7) is 6.33. The Kier molecular flexibility index (Phi) is 10.3. The van der Waals surface area contributed by atoms with E-state index in [1.165, 1.54) is 5.56 Å². The van der Waals surface area contributed by atoms with Crippen LogP contribution in [0, 0.1) is 17.3 Å². The second-order valence-corrected chi connectivity index (χ2v) is 9.07. The SMILES string of the molecule is COC1=CC(CC=O)C(CCCN(C)CCc2cc(OC)cc(OC)c2)(C(C)C)C(OC)=C1. The third-order valence-corrected chi connectivity index (χ3v) is 6.92. The molecule has 1 aliphatic carbocycles. The van der Waals surface area contributed by atoms with Crippen LogP contribution in [-0.4, -0.2) is 59.8 Å². The van der Waals surface area contributed by atoms with Gasteiger partial charge in [-0.1, -0.05) is 13.8 Å². The van der Waals surface area contributed by atoms with E-state index in [4.69, 9.17) is 18.9 Å². The summed E-state index contributed by atoms with van der Waals surface area (Å²) in [5, 5.41) is 0. The first-order valence-electron chi connectivity index (χ1n) is 11.7. The lowest BCUT2D eigenvalue weighted by atomic mass is 9.61. The van der Waals surface area contributed by atoms with E-state index < -0.39 is 0 Å². The highest BCUT2D eigenvalue weighted by molar-refractivity contribution is 5.52. The average Bonchev–Trinajstić information content (AvgIpc) is 2.82. The van der Waals surface area contributed by atoms with Crippen molar-refractivity contribution in [2.24, 2.45) is 17.3 Å². The minimum atomic E-state index is -0.224. The number of carbonyl (C=O) groups is 1. The zero-order chi connectivity index (χ0) is 24.4. The van der Waals surface area contributed by atoms with E-state index in [9.17, 15) is 4.79 Å². The maximum Gasteiger partial charge on any atom is 0.122 e. The van der Waals surface area contributed by atoms with Crippen LogP contribution in [0.25, 0.3) is 0 Å². The van der Waals surface area contributed by atoms with E-state index in [-0.39, 0.29) is 11.3 Å². The van der Waals surface area contributed by atoms with Crippen LogP contribution < -0.4 is 9.47 Å². The molecule has 6 nitrogen and oxygen atoms in total. The predicted octanol–water partition coefficient (Wildman–Crippen LogP) is 4.88. The van der Waals surface area contributed by atoms with Crippen LogP contribution in [0.5, 0.6) is 11.5 Å². The molecule has 0 N–H and O–H groups in total. The number of allylic oxidation sites excluding steroid dienone is 3. The van der Waals surface area contributed by atoms with Crippen molar-refractivity contribution in [1.29, 1.82) is 0 Å². The second kappa shape index (κ2) is 12.7. The topological polar surface area (TPSA) is 57.2 Å². The van der Waals surface area contributed by atoms with Crippen molar-refractivity contribution < 1.29 is 23.7 Å². The van der Waals surface area contributed by atoms with Crippen LogP contribution in [0.3, 0.4) is 0 Å². The second-order valence-electron chi connectivity index (χ2n) is 9.07. The number of hydrogen-bond acceptors (Lipinski definition) is 6. The van der Waals surface area contributed by atoms with Gasteiger partial charge in [0.25, 0.3) is 0 Å². The fraction of sp³-hybridized carbons (Fsp3) is 0.593. The Morgan fingerprint density at radius 3 is 2.18 bits per heavy atom. The summed E-state index contributed by atoms with van der Waals surface area (Å²) < 4.78 is 22.1. The molecule has 2 unspecified atom stereocenters. The molecule has 0 saturated heterocycles. The number of nitrogens with zero attached hydrogens (tertiary/aromatic N) is 1. The molecule has 184 valence electrons. The molecule has 2 atom stereocenters. The van der Waals surface area contributed by atoms with Gasteiger partial charge < -0.3 is 28.6 Å². The molecule has 6 heteroatoms. The summed E-state index contributed by atoms with van der Waals surface area (Å²) in [6, 6.07) is 6.01. The number of hydrogen-bond donors (Lipinski definition) is 0. The van der Waals surface area contributed by atoms with Gasteiger partial charge in [0.2, 0.25) is 0 Å². The van der Waals surface area contributed by atoms with E-state index in [0.29, 0.717) is 12.3 Å². The van der Waals surface area contributed by atoms with Crippen molar-refractivity contribution in [3.05, 3.63) is 47.4 Å². The largest absolute Gasteiger partial charge is 0.500 e. The van der Waals surface area contributed by atoms with E-state index in [0.717, 1.165) is 61.7 Å². The lowest BCUT2D eigenvalue weighted by Gasteiger charge is -2.46. The van der Waals surface area contributed by atoms with E-state index >= 15 is 0 Å². The van der Waals surface area contributed by atoms with Gasteiger partial charge in [0.05, 0.1) is 28.4 Å². The average molecular weight is 460 g/mol. The van der Waals surface area contributed by atoms with Gasteiger partial charge in [-0.3, -0.25) is 0 Å². The molecule has 2 rings (SSSR count). The summed E-state index contributed by atoms with van der Waals surface area (Å²) >= 11 is 0. The molecule has 1 aromatic rings. The highest BCUT2D eigenvalue weighted by Crippen LogP contribution is 2.51. The first-order chi connectivity index (χ1) is 15.8. The minimum Gasteiger partial charge on any atom is -0.500 e. The van der Waals surface area contributed by atoms with E-state index in [1.807, 2.05) is 12.1 Å². The van der Waals surface area contributed by atoms with Crippen molar-refractivity contribution >= 4 is 6.29 Å². The number of methoxy groups -OCH3 is 4. The number of likely N-dealkylation sites (N-methyl/N-ethyl adjacent to an activating group) is 1. The monoisotopic (exact) mass is 459 g/mol. The Hall–Kier alpha value is -2.47. The van der Waals surface area contributed by atoms with Gasteiger partial charge in [-0.15, -0.1) is 0 Å². The Morgan fingerprint density at radius 2 is 1.67 bits per heavy atom. The quantitative estimate of drug-likeness (QED) is 0.370. The van der Waals surface area contributed by atoms with Crippen LogP contribution in [0.4, 0.5) is 0 Å². The number of aldehydes is 1. The molecule has 0 saturated carbocycles. The summed E-state index contributed by atoms with van der Waals surface area (Å²) in [6.07, 6.45) is 8.41. The van der Waals surface area contributed by atoms with E-state index in [2.05, 4.69) is 44.0 Å². The highest BCUT2D eigenvalue weighted by Gasteiger charge is 2.46. The smallest absolute Gasteiger partial charge is 0.122 e. The van der Waals surface area contributed by atoms with Crippen molar-refractivity contribution in [1.82, 2.24) is 4.90 Å². The lowest BCUT2D eigenvalue weighted by Crippen LogP contribution is -2.40. The van der Waals surface area contributed by atoms with Crippen molar-refractivity contribution in [2.45, 2.75) is 39.5 Å². The van der Waals surface area contributed by atoms with Crippen LogP contribution >= 0.6 is 0 Å². The van der Waals surface area contributed by atoms with Gasteiger partial charge in [0.15, 0.2) is 0 Å². The minimum absolute atomic E-state index is 0.0551. The molecule has 0 fully saturated rings. The molecular formula is C27H41NO5.